The van der Waals surface area contributed by atoms with Crippen molar-refractivity contribution in [2.24, 2.45) is 34.0 Å². The Morgan fingerprint density at radius 2 is 1.77 bits per heavy atom. The van der Waals surface area contributed by atoms with E-state index in [4.69, 9.17) is 0 Å². The van der Waals surface area contributed by atoms with Crippen LogP contribution in [-0.4, -0.2) is 0 Å². The van der Waals surface area contributed by atoms with Crippen molar-refractivity contribution in [3.8, 4) is 0 Å². The molecule has 0 saturated heterocycles. The van der Waals surface area contributed by atoms with Gasteiger partial charge >= 0.3 is 0 Å². The van der Waals surface area contributed by atoms with Crippen LogP contribution in [0.5, 0.6) is 0 Å². The third-order valence-corrected chi connectivity index (χ3v) is 6.40. The van der Waals surface area contributed by atoms with Crippen molar-refractivity contribution in [3.05, 3.63) is 0 Å². The van der Waals surface area contributed by atoms with Crippen LogP contribution < -0.4 is 0 Å². The summed E-state index contributed by atoms with van der Waals surface area (Å²) >= 11 is 0. The van der Waals surface area contributed by atoms with Gasteiger partial charge in [-0.15, -0.1) is 0 Å². The molecule has 0 N–H and O–H groups in total. The average molecular weight is 178 g/mol. The highest BCUT2D eigenvalue weighted by atomic mass is 14.9. The molecule has 13 heavy (non-hydrogen) atoms. The maximum absolute atomic E-state index is 2.56. The maximum atomic E-state index is 2.56. The van der Waals surface area contributed by atoms with Crippen LogP contribution >= 0.6 is 0 Å². The number of fused-ring (bicyclic) bond motifs is 3. The Hall–Kier alpha value is 0. The van der Waals surface area contributed by atoms with Crippen molar-refractivity contribution in [1.29, 1.82) is 0 Å². The minimum atomic E-state index is 0.632. The predicted molar refractivity (Wildman–Crippen MR) is 55.4 cm³/mol. The molecule has 0 heteroatoms. The van der Waals surface area contributed by atoms with Crippen molar-refractivity contribution >= 4 is 0 Å². The van der Waals surface area contributed by atoms with Gasteiger partial charge in [0.15, 0.2) is 0 Å². The van der Waals surface area contributed by atoms with Gasteiger partial charge in [-0.3, -0.25) is 0 Å². The van der Waals surface area contributed by atoms with E-state index < -0.39 is 0 Å². The lowest BCUT2D eigenvalue weighted by Gasteiger charge is -2.32. The molecule has 0 heterocycles. The zero-order valence-electron chi connectivity index (χ0n) is 9.65. The van der Waals surface area contributed by atoms with Gasteiger partial charge in [0.2, 0.25) is 0 Å². The lowest BCUT2D eigenvalue weighted by molar-refractivity contribution is 0.163. The van der Waals surface area contributed by atoms with E-state index in [0.717, 1.165) is 23.2 Å². The third kappa shape index (κ3) is 0.567. The Morgan fingerprint density at radius 1 is 1.15 bits per heavy atom. The molecule has 3 aliphatic carbocycles. The summed E-state index contributed by atoms with van der Waals surface area (Å²) in [5.74, 6) is 3.18. The summed E-state index contributed by atoms with van der Waals surface area (Å²) in [4.78, 5) is 0. The predicted octanol–water partition coefficient (Wildman–Crippen LogP) is 3.71. The number of hydrogen-bond donors (Lipinski definition) is 0. The van der Waals surface area contributed by atoms with Crippen LogP contribution in [0.15, 0.2) is 0 Å². The fourth-order valence-electron chi connectivity index (χ4n) is 5.46. The molecule has 0 aromatic heterocycles. The molecule has 74 valence electrons. The summed E-state index contributed by atoms with van der Waals surface area (Å²) < 4.78 is 0. The molecule has 5 atom stereocenters. The van der Waals surface area contributed by atoms with E-state index in [1.165, 1.54) is 12.8 Å². The molecule has 3 aliphatic rings. The van der Waals surface area contributed by atoms with Crippen LogP contribution in [0.2, 0.25) is 0 Å². The van der Waals surface area contributed by atoms with Gasteiger partial charge in [0.1, 0.15) is 0 Å². The van der Waals surface area contributed by atoms with Gasteiger partial charge in [0.05, 0.1) is 0 Å². The molecule has 3 rings (SSSR count). The van der Waals surface area contributed by atoms with Crippen molar-refractivity contribution in [1.82, 2.24) is 0 Å². The Balaban J connectivity index is 2.04. The van der Waals surface area contributed by atoms with Gasteiger partial charge in [-0.05, 0) is 40.4 Å². The van der Waals surface area contributed by atoms with Gasteiger partial charge in [-0.25, -0.2) is 0 Å². The van der Waals surface area contributed by atoms with Crippen LogP contribution in [0.1, 0.15) is 47.5 Å². The van der Waals surface area contributed by atoms with E-state index in [9.17, 15) is 0 Å². The summed E-state index contributed by atoms with van der Waals surface area (Å²) in [6, 6.07) is 0. The van der Waals surface area contributed by atoms with E-state index in [1.807, 2.05) is 0 Å². The van der Waals surface area contributed by atoms with Gasteiger partial charge < -0.3 is 0 Å². The largest absolute Gasteiger partial charge is 0.0651 e. The summed E-state index contributed by atoms with van der Waals surface area (Å²) in [6.07, 6.45) is 2.93. The molecule has 0 aromatic rings. The molecule has 0 aliphatic heterocycles. The van der Waals surface area contributed by atoms with Crippen LogP contribution in [0, 0.1) is 34.0 Å². The Bertz CT molecular complexity index is 278. The second-order valence-corrected chi connectivity index (χ2v) is 6.76. The van der Waals surface area contributed by atoms with Crippen LogP contribution in [0.25, 0.3) is 0 Å². The first-order valence-corrected chi connectivity index (χ1v) is 5.90. The van der Waals surface area contributed by atoms with Gasteiger partial charge in [0.25, 0.3) is 0 Å². The molecule has 5 unspecified atom stereocenters. The first kappa shape index (κ1) is 8.32. The second-order valence-electron chi connectivity index (χ2n) is 6.76. The van der Waals surface area contributed by atoms with Crippen LogP contribution in [0.4, 0.5) is 0 Å². The Labute approximate surface area is 82.1 Å². The highest BCUT2D eigenvalue weighted by Crippen LogP contribution is 2.92. The topological polar surface area (TPSA) is 0 Å². The maximum Gasteiger partial charge on any atom is -0.0204 e. The lowest BCUT2D eigenvalue weighted by Crippen LogP contribution is -2.25. The fraction of sp³-hybridized carbons (Fsp3) is 1.00. The molecule has 0 bridgehead atoms. The fourth-order valence-corrected chi connectivity index (χ4v) is 5.46. The molecule has 0 nitrogen and oxygen atoms in total. The van der Waals surface area contributed by atoms with Crippen molar-refractivity contribution in [2.45, 2.75) is 47.5 Å². The zero-order valence-corrected chi connectivity index (χ0v) is 9.65. The summed E-state index contributed by atoms with van der Waals surface area (Å²) in [5, 5.41) is 0. The molecule has 3 fully saturated rings. The normalized spacial score (nSPS) is 65.8. The van der Waals surface area contributed by atoms with Crippen LogP contribution in [-0.2, 0) is 0 Å². The molecular weight excluding hydrogens is 156 g/mol. The highest BCUT2D eigenvalue weighted by Gasteiger charge is 2.86. The quantitative estimate of drug-likeness (QED) is 0.574. The molecular formula is C13H22. The molecule has 0 amide bonds. The smallest absolute Gasteiger partial charge is 0.0204 e. The van der Waals surface area contributed by atoms with Crippen molar-refractivity contribution in [3.63, 3.8) is 0 Å². The second kappa shape index (κ2) is 1.73. The van der Waals surface area contributed by atoms with E-state index in [-0.39, 0.29) is 0 Å². The van der Waals surface area contributed by atoms with E-state index >= 15 is 0 Å². The molecule has 0 radical (unpaired) electrons. The summed E-state index contributed by atoms with van der Waals surface area (Å²) in [5.41, 5.74) is 2.10. The van der Waals surface area contributed by atoms with E-state index in [2.05, 4.69) is 34.6 Å². The van der Waals surface area contributed by atoms with Crippen molar-refractivity contribution < 1.29 is 0 Å². The lowest BCUT2D eigenvalue weighted by atomic mass is 9.73. The summed E-state index contributed by atoms with van der Waals surface area (Å²) in [6.45, 7) is 12.5. The SMILES string of the molecule is CCC1C2C3(C)CC3C(C)(C)C12C. The van der Waals surface area contributed by atoms with Crippen LogP contribution in [0.3, 0.4) is 0 Å². The number of rotatable bonds is 1. The summed E-state index contributed by atoms with van der Waals surface area (Å²) in [7, 11) is 0. The molecule has 0 spiro atoms. The number of hydrogen-bond acceptors (Lipinski definition) is 0. The average Bonchev–Trinajstić information content (AvgIpc) is 2.84. The van der Waals surface area contributed by atoms with E-state index in [0.29, 0.717) is 10.8 Å². The first-order chi connectivity index (χ1) is 5.90. The minimum Gasteiger partial charge on any atom is -0.0651 e. The van der Waals surface area contributed by atoms with E-state index in [1.54, 1.807) is 0 Å². The van der Waals surface area contributed by atoms with Gasteiger partial charge in [0, 0.05) is 0 Å². The third-order valence-electron chi connectivity index (χ3n) is 6.40. The first-order valence-electron chi connectivity index (χ1n) is 5.90. The standard InChI is InChI=1S/C13H22/c1-6-8-10-12(4)7-9(12)11(2,3)13(8,10)5/h8-10H,6-7H2,1-5H3. The monoisotopic (exact) mass is 178 g/mol. The minimum absolute atomic E-state index is 0.632. The molecule has 0 aromatic carbocycles. The Morgan fingerprint density at radius 3 is 2.15 bits per heavy atom. The van der Waals surface area contributed by atoms with Crippen molar-refractivity contribution in [2.75, 3.05) is 0 Å². The molecule has 3 saturated carbocycles. The highest BCUT2D eigenvalue weighted by molar-refractivity contribution is 5.34. The zero-order chi connectivity index (χ0) is 9.65. The van der Waals surface area contributed by atoms with Gasteiger partial charge in [-0.1, -0.05) is 41.0 Å². The van der Waals surface area contributed by atoms with Gasteiger partial charge in [-0.2, -0.15) is 0 Å². The Kier molecular flexibility index (Phi) is 1.10.